The van der Waals surface area contributed by atoms with E-state index < -0.39 is 35.5 Å². The van der Waals surface area contributed by atoms with E-state index in [4.69, 9.17) is 9.84 Å². The Hall–Kier alpha value is -2.41. The lowest BCUT2D eigenvalue weighted by Crippen LogP contribution is -2.54. The molecule has 0 heterocycles. The van der Waals surface area contributed by atoms with Crippen LogP contribution in [-0.4, -0.2) is 44.4 Å². The maximum absolute atomic E-state index is 11.5. The summed E-state index contributed by atoms with van der Waals surface area (Å²) in [6.07, 6.45) is -0.422. The van der Waals surface area contributed by atoms with Crippen molar-refractivity contribution in [2.45, 2.75) is 38.4 Å². The van der Waals surface area contributed by atoms with E-state index in [2.05, 4.69) is 0 Å². The van der Waals surface area contributed by atoms with Crippen molar-refractivity contribution in [3.05, 3.63) is 35.4 Å². The Morgan fingerprint density at radius 3 is 1.73 bits per heavy atom. The van der Waals surface area contributed by atoms with Gasteiger partial charge in [-0.05, 0) is 38.5 Å². The van der Waals surface area contributed by atoms with Gasteiger partial charge in [0.05, 0.1) is 11.2 Å². The molecule has 0 unspecified atom stereocenters. The van der Waals surface area contributed by atoms with Crippen LogP contribution in [0, 0.1) is 0 Å². The van der Waals surface area contributed by atoms with Crippen molar-refractivity contribution < 1.29 is 34.4 Å². The van der Waals surface area contributed by atoms with Crippen LogP contribution in [0.5, 0.6) is 0 Å². The Morgan fingerprint density at radius 1 is 0.955 bits per heavy atom. The molecule has 0 spiro atoms. The molecule has 0 atom stereocenters. The van der Waals surface area contributed by atoms with E-state index in [-0.39, 0.29) is 5.56 Å². The summed E-state index contributed by atoms with van der Waals surface area (Å²) in [6.45, 7) is 4.67. The smallest absolute Gasteiger partial charge is 0.348 e. The number of aromatic carboxylic acids is 1. The van der Waals surface area contributed by atoms with Crippen molar-refractivity contribution >= 4 is 17.9 Å². The summed E-state index contributed by atoms with van der Waals surface area (Å²) in [5.74, 6) is -4.35. The van der Waals surface area contributed by atoms with E-state index in [1.54, 1.807) is 20.8 Å². The molecule has 0 saturated heterocycles. The molecule has 0 aliphatic carbocycles. The molecular weight excluding hydrogens is 292 g/mol. The first kappa shape index (κ1) is 17.6. The maximum Gasteiger partial charge on any atom is 0.348 e. The molecular formula is C15H18O7. The monoisotopic (exact) mass is 310 g/mol. The minimum atomic E-state index is -2.44. The fraction of sp³-hybridized carbons (Fsp3) is 0.400. The predicted octanol–water partition coefficient (Wildman–Crippen LogP) is 1.65. The molecule has 0 aliphatic heterocycles. The molecule has 1 aromatic carbocycles. The van der Waals surface area contributed by atoms with Crippen LogP contribution in [0.1, 0.15) is 36.7 Å². The molecule has 0 bridgehead atoms. The highest BCUT2D eigenvalue weighted by Gasteiger charge is 2.50. The van der Waals surface area contributed by atoms with Gasteiger partial charge >= 0.3 is 17.9 Å². The minimum absolute atomic E-state index is 0.0248. The van der Waals surface area contributed by atoms with Gasteiger partial charge in [-0.25, -0.2) is 14.4 Å². The second kappa shape index (κ2) is 6.15. The molecule has 0 fully saturated rings. The van der Waals surface area contributed by atoms with Gasteiger partial charge < -0.3 is 20.1 Å². The lowest BCUT2D eigenvalue weighted by molar-refractivity contribution is -0.199. The molecule has 0 aromatic heterocycles. The number of hydrogen-bond acceptors (Lipinski definition) is 4. The molecule has 3 N–H and O–H groups in total. The van der Waals surface area contributed by atoms with Gasteiger partial charge in [0.15, 0.2) is 0 Å². The van der Waals surface area contributed by atoms with Gasteiger partial charge in [-0.1, -0.05) is 12.1 Å². The average molecular weight is 310 g/mol. The lowest BCUT2D eigenvalue weighted by Gasteiger charge is -2.32. The van der Waals surface area contributed by atoms with E-state index in [9.17, 15) is 24.6 Å². The van der Waals surface area contributed by atoms with E-state index in [1.165, 1.54) is 24.3 Å². The van der Waals surface area contributed by atoms with Crippen LogP contribution in [0.15, 0.2) is 24.3 Å². The highest BCUT2D eigenvalue weighted by Crippen LogP contribution is 2.26. The van der Waals surface area contributed by atoms with Crippen LogP contribution in [0.4, 0.5) is 0 Å². The molecule has 0 amide bonds. The highest BCUT2D eigenvalue weighted by atomic mass is 16.6. The second-order valence-corrected chi connectivity index (χ2v) is 5.83. The number of carboxylic acids is 3. The van der Waals surface area contributed by atoms with Crippen LogP contribution in [0.25, 0.3) is 0 Å². The Kier molecular flexibility index (Phi) is 4.93. The van der Waals surface area contributed by atoms with Crippen molar-refractivity contribution in [1.82, 2.24) is 0 Å². The quantitative estimate of drug-likeness (QED) is 0.683. The fourth-order valence-electron chi connectivity index (χ4n) is 1.94. The predicted molar refractivity (Wildman–Crippen MR) is 75.9 cm³/mol. The third kappa shape index (κ3) is 4.05. The molecule has 0 radical (unpaired) electrons. The van der Waals surface area contributed by atoms with E-state index >= 15 is 0 Å². The summed E-state index contributed by atoms with van der Waals surface area (Å²) in [7, 11) is 0. The van der Waals surface area contributed by atoms with Crippen molar-refractivity contribution in [3.8, 4) is 0 Å². The first-order chi connectivity index (χ1) is 9.98. The van der Waals surface area contributed by atoms with Crippen LogP contribution in [0.3, 0.4) is 0 Å². The van der Waals surface area contributed by atoms with Gasteiger partial charge in [0.1, 0.15) is 0 Å². The van der Waals surface area contributed by atoms with Crippen molar-refractivity contribution in [1.29, 1.82) is 0 Å². The average Bonchev–Trinajstić information content (AvgIpc) is 2.36. The summed E-state index contributed by atoms with van der Waals surface area (Å²) in [5, 5.41) is 27.5. The Bertz CT molecular complexity index is 567. The summed E-state index contributed by atoms with van der Waals surface area (Å²) >= 11 is 0. The van der Waals surface area contributed by atoms with Gasteiger partial charge in [-0.3, -0.25) is 0 Å². The van der Waals surface area contributed by atoms with E-state index in [0.29, 0.717) is 5.56 Å². The summed E-state index contributed by atoms with van der Waals surface area (Å²) < 4.78 is 5.31. The second-order valence-electron chi connectivity index (χ2n) is 5.83. The van der Waals surface area contributed by atoms with Crippen LogP contribution < -0.4 is 0 Å². The molecule has 7 heteroatoms. The van der Waals surface area contributed by atoms with Crippen molar-refractivity contribution in [3.63, 3.8) is 0 Å². The van der Waals surface area contributed by atoms with E-state index in [0.717, 1.165) is 0 Å². The van der Waals surface area contributed by atoms with Gasteiger partial charge in [0.2, 0.25) is 0 Å². The van der Waals surface area contributed by atoms with Gasteiger partial charge in [-0.15, -0.1) is 0 Å². The number of ether oxygens (including phenoxy) is 1. The third-order valence-corrected chi connectivity index (χ3v) is 2.83. The Balaban J connectivity index is 3.20. The van der Waals surface area contributed by atoms with Gasteiger partial charge in [-0.2, -0.15) is 0 Å². The van der Waals surface area contributed by atoms with Crippen LogP contribution in [-0.2, 0) is 20.7 Å². The number of benzene rings is 1. The first-order valence-electron chi connectivity index (χ1n) is 6.47. The largest absolute Gasteiger partial charge is 0.479 e. The Labute approximate surface area is 127 Å². The number of carboxylic acid groups (broad SMARTS) is 3. The molecule has 7 nitrogen and oxygen atoms in total. The minimum Gasteiger partial charge on any atom is -0.479 e. The number of rotatable bonds is 6. The van der Waals surface area contributed by atoms with Gasteiger partial charge in [0, 0.05) is 6.42 Å². The first-order valence-corrected chi connectivity index (χ1v) is 6.47. The molecule has 0 saturated carbocycles. The van der Waals surface area contributed by atoms with Crippen LogP contribution >= 0.6 is 0 Å². The van der Waals surface area contributed by atoms with E-state index in [1.807, 2.05) is 0 Å². The molecule has 120 valence electrons. The number of carbonyl (C=O) groups is 3. The normalized spacial score (nSPS) is 12.0. The molecule has 1 rings (SSSR count). The zero-order valence-electron chi connectivity index (χ0n) is 12.5. The lowest BCUT2D eigenvalue weighted by atomic mass is 9.92. The zero-order valence-corrected chi connectivity index (χ0v) is 12.5. The number of aliphatic carboxylic acids is 2. The standard InChI is InChI=1S/C15H18O7/c1-14(2,3)22-15(12(18)19,13(20)21)8-9-4-6-10(7-5-9)11(16)17/h4-7H,8H2,1-3H3,(H,16,17)(H,18,19)(H,20,21). The highest BCUT2D eigenvalue weighted by molar-refractivity contribution is 6.02. The molecule has 1 aromatic rings. The van der Waals surface area contributed by atoms with Crippen LogP contribution in [0.2, 0.25) is 0 Å². The van der Waals surface area contributed by atoms with Gasteiger partial charge in [0.25, 0.3) is 5.60 Å². The topological polar surface area (TPSA) is 121 Å². The zero-order chi connectivity index (χ0) is 17.1. The molecule has 22 heavy (non-hydrogen) atoms. The third-order valence-electron chi connectivity index (χ3n) is 2.83. The molecule has 0 aliphatic rings. The van der Waals surface area contributed by atoms with Crippen molar-refractivity contribution in [2.24, 2.45) is 0 Å². The summed E-state index contributed by atoms with van der Waals surface area (Å²) in [4.78, 5) is 33.8. The summed E-state index contributed by atoms with van der Waals surface area (Å²) in [6, 6.07) is 5.30. The SMILES string of the molecule is CC(C)(C)OC(Cc1ccc(C(=O)O)cc1)(C(=O)O)C(=O)O. The van der Waals surface area contributed by atoms with Crippen molar-refractivity contribution in [2.75, 3.05) is 0 Å². The fourth-order valence-corrected chi connectivity index (χ4v) is 1.94. The number of hydrogen-bond donors (Lipinski definition) is 3. The maximum atomic E-state index is 11.5. The Morgan fingerprint density at radius 2 is 1.41 bits per heavy atom. The summed E-state index contributed by atoms with van der Waals surface area (Å²) in [5.41, 5.74) is -3.06.